The highest BCUT2D eigenvalue weighted by atomic mass is 16.1. The van der Waals surface area contributed by atoms with Crippen LogP contribution >= 0.6 is 0 Å². The van der Waals surface area contributed by atoms with Crippen molar-refractivity contribution in [3.63, 3.8) is 0 Å². The summed E-state index contributed by atoms with van der Waals surface area (Å²) in [6.45, 7) is 4.50. The van der Waals surface area contributed by atoms with Gasteiger partial charge in [-0.25, -0.2) is 0 Å². The Hall–Kier alpha value is -2.86. The molecule has 3 rings (SSSR count). The Kier molecular flexibility index (Phi) is 3.52. The van der Waals surface area contributed by atoms with Gasteiger partial charge >= 0.3 is 0 Å². The number of pyridine rings is 1. The maximum absolute atomic E-state index is 12.4. The summed E-state index contributed by atoms with van der Waals surface area (Å²) in [6, 6.07) is 17.2. The first kappa shape index (κ1) is 14.1. The van der Waals surface area contributed by atoms with Gasteiger partial charge in [0.1, 0.15) is 0 Å². The largest absolute Gasteiger partial charge is 0.304 e. The van der Waals surface area contributed by atoms with Crippen molar-refractivity contribution in [3.05, 3.63) is 81.1 Å². The van der Waals surface area contributed by atoms with Gasteiger partial charge in [0.25, 0.3) is 5.56 Å². The first-order chi connectivity index (χ1) is 10.6. The Labute approximate surface area is 129 Å². The highest BCUT2D eigenvalue weighted by Gasteiger charge is 2.09. The van der Waals surface area contributed by atoms with Crippen LogP contribution in [-0.4, -0.2) is 4.57 Å². The molecule has 108 valence electrons. The van der Waals surface area contributed by atoms with Crippen LogP contribution in [0.25, 0.3) is 10.9 Å². The summed E-state index contributed by atoms with van der Waals surface area (Å²) < 4.78 is 1.80. The summed E-state index contributed by atoms with van der Waals surface area (Å²) in [7, 11) is 0. The number of hydrogen-bond acceptors (Lipinski definition) is 2. The highest BCUT2D eigenvalue weighted by Crippen LogP contribution is 2.20. The van der Waals surface area contributed by atoms with Gasteiger partial charge in [0.05, 0.1) is 23.7 Å². The summed E-state index contributed by atoms with van der Waals surface area (Å²) in [5.74, 6) is 0. The van der Waals surface area contributed by atoms with Crippen molar-refractivity contribution in [3.8, 4) is 6.07 Å². The maximum atomic E-state index is 12.4. The van der Waals surface area contributed by atoms with E-state index in [0.717, 1.165) is 27.6 Å². The maximum Gasteiger partial charge on any atom is 0.251 e. The van der Waals surface area contributed by atoms with Gasteiger partial charge in [-0.15, -0.1) is 0 Å². The number of aromatic nitrogens is 1. The van der Waals surface area contributed by atoms with Crippen LogP contribution in [0.5, 0.6) is 0 Å². The van der Waals surface area contributed by atoms with Crippen LogP contribution in [0, 0.1) is 25.2 Å². The van der Waals surface area contributed by atoms with E-state index in [9.17, 15) is 4.79 Å². The lowest BCUT2D eigenvalue weighted by Gasteiger charge is -2.14. The average molecular weight is 288 g/mol. The minimum absolute atomic E-state index is 0.00339. The summed E-state index contributed by atoms with van der Waals surface area (Å²) in [5.41, 5.74) is 4.71. The van der Waals surface area contributed by atoms with Crippen LogP contribution in [0.1, 0.15) is 22.3 Å². The van der Waals surface area contributed by atoms with Crippen molar-refractivity contribution in [2.45, 2.75) is 20.4 Å². The fourth-order valence-electron chi connectivity index (χ4n) is 2.81. The van der Waals surface area contributed by atoms with Gasteiger partial charge < -0.3 is 4.57 Å². The second-order valence-corrected chi connectivity index (χ2v) is 5.53. The van der Waals surface area contributed by atoms with Crippen molar-refractivity contribution >= 4 is 10.9 Å². The Morgan fingerprint density at radius 3 is 2.45 bits per heavy atom. The molecule has 0 bridgehead atoms. The van der Waals surface area contributed by atoms with Gasteiger partial charge in [-0.3, -0.25) is 4.79 Å². The smallest absolute Gasteiger partial charge is 0.251 e. The topological polar surface area (TPSA) is 45.8 Å². The SMILES string of the molecule is Cc1cc(=O)n(Cc2ccc(C#N)cc2)c2c(C)cccc12. The molecule has 22 heavy (non-hydrogen) atoms. The van der Waals surface area contributed by atoms with Gasteiger partial charge in [-0.1, -0.05) is 30.3 Å². The molecule has 2 aromatic carbocycles. The number of nitrogens with zero attached hydrogens (tertiary/aromatic N) is 2. The van der Waals surface area contributed by atoms with Crippen LogP contribution in [0.3, 0.4) is 0 Å². The number of fused-ring (bicyclic) bond motifs is 1. The van der Waals surface area contributed by atoms with Gasteiger partial charge in [0.15, 0.2) is 0 Å². The molecule has 1 heterocycles. The number of aryl methyl sites for hydroxylation is 2. The first-order valence-electron chi connectivity index (χ1n) is 7.19. The monoisotopic (exact) mass is 288 g/mol. The minimum Gasteiger partial charge on any atom is -0.304 e. The van der Waals surface area contributed by atoms with E-state index >= 15 is 0 Å². The fraction of sp³-hybridized carbons (Fsp3) is 0.158. The lowest BCUT2D eigenvalue weighted by atomic mass is 10.1. The second kappa shape index (κ2) is 5.50. The summed E-state index contributed by atoms with van der Waals surface area (Å²) >= 11 is 0. The Balaban J connectivity index is 2.18. The zero-order valence-corrected chi connectivity index (χ0v) is 12.6. The van der Waals surface area contributed by atoms with Crippen molar-refractivity contribution < 1.29 is 0 Å². The van der Waals surface area contributed by atoms with Gasteiger partial charge in [-0.2, -0.15) is 5.26 Å². The predicted octanol–water partition coefficient (Wildman–Crippen LogP) is 3.54. The molecular weight excluding hydrogens is 272 g/mol. The molecule has 0 aliphatic carbocycles. The molecular formula is C19H16N2O. The van der Waals surface area contributed by atoms with E-state index in [4.69, 9.17) is 5.26 Å². The number of nitriles is 1. The summed E-state index contributed by atoms with van der Waals surface area (Å²) in [5, 5.41) is 9.97. The normalized spacial score (nSPS) is 10.6. The number of benzene rings is 2. The van der Waals surface area contributed by atoms with Crippen LogP contribution in [0.15, 0.2) is 53.3 Å². The zero-order valence-electron chi connectivity index (χ0n) is 12.6. The van der Waals surface area contributed by atoms with Crippen molar-refractivity contribution in [2.75, 3.05) is 0 Å². The summed E-state index contributed by atoms with van der Waals surface area (Å²) in [6.07, 6.45) is 0. The van der Waals surface area contributed by atoms with Crippen LogP contribution in [0.4, 0.5) is 0 Å². The van der Waals surface area contributed by atoms with E-state index in [1.807, 2.05) is 44.2 Å². The van der Waals surface area contributed by atoms with E-state index in [2.05, 4.69) is 6.07 Å². The van der Waals surface area contributed by atoms with E-state index in [-0.39, 0.29) is 5.56 Å². The van der Waals surface area contributed by atoms with Crippen LogP contribution in [0.2, 0.25) is 0 Å². The van der Waals surface area contributed by atoms with Crippen LogP contribution < -0.4 is 5.56 Å². The van der Waals surface area contributed by atoms with Gasteiger partial charge in [0, 0.05) is 11.5 Å². The second-order valence-electron chi connectivity index (χ2n) is 5.53. The molecule has 3 aromatic rings. The van der Waals surface area contributed by atoms with Crippen LogP contribution in [-0.2, 0) is 6.54 Å². The highest BCUT2D eigenvalue weighted by molar-refractivity contribution is 5.85. The zero-order chi connectivity index (χ0) is 15.7. The molecule has 0 N–H and O–H groups in total. The third kappa shape index (κ3) is 2.40. The third-order valence-corrected chi connectivity index (χ3v) is 3.96. The lowest BCUT2D eigenvalue weighted by molar-refractivity contribution is 0.790. The molecule has 1 aromatic heterocycles. The van der Waals surface area contributed by atoms with Crippen molar-refractivity contribution in [1.82, 2.24) is 4.57 Å². The number of para-hydroxylation sites is 1. The molecule has 0 saturated carbocycles. The molecule has 0 aliphatic rings. The average Bonchev–Trinajstić information content (AvgIpc) is 2.52. The molecule has 3 nitrogen and oxygen atoms in total. The predicted molar refractivity (Wildman–Crippen MR) is 87.9 cm³/mol. The Morgan fingerprint density at radius 1 is 1.05 bits per heavy atom. The minimum atomic E-state index is 0.00339. The molecule has 0 fully saturated rings. The van der Waals surface area contributed by atoms with E-state index in [1.54, 1.807) is 22.8 Å². The molecule has 0 amide bonds. The molecule has 0 aliphatic heterocycles. The van der Waals surface area contributed by atoms with E-state index in [1.165, 1.54) is 0 Å². The van der Waals surface area contributed by atoms with E-state index in [0.29, 0.717) is 12.1 Å². The fourth-order valence-corrected chi connectivity index (χ4v) is 2.81. The van der Waals surface area contributed by atoms with Gasteiger partial charge in [-0.05, 0) is 42.7 Å². The van der Waals surface area contributed by atoms with E-state index < -0.39 is 0 Å². The molecule has 0 radical (unpaired) electrons. The summed E-state index contributed by atoms with van der Waals surface area (Å²) in [4.78, 5) is 12.4. The first-order valence-corrected chi connectivity index (χ1v) is 7.19. The third-order valence-electron chi connectivity index (χ3n) is 3.96. The quantitative estimate of drug-likeness (QED) is 0.724. The number of hydrogen-bond donors (Lipinski definition) is 0. The molecule has 0 unspecified atom stereocenters. The number of rotatable bonds is 2. The van der Waals surface area contributed by atoms with Crippen molar-refractivity contribution in [2.24, 2.45) is 0 Å². The molecule has 0 atom stereocenters. The lowest BCUT2D eigenvalue weighted by Crippen LogP contribution is -2.21. The van der Waals surface area contributed by atoms with Crippen molar-refractivity contribution in [1.29, 1.82) is 5.26 Å². The molecule has 0 saturated heterocycles. The molecule has 3 heteroatoms. The Morgan fingerprint density at radius 2 is 1.77 bits per heavy atom. The standard InChI is InChI=1S/C19H16N2O/c1-13-4-3-5-17-14(2)10-18(22)21(19(13)17)12-16-8-6-15(11-20)7-9-16/h3-10H,12H2,1-2H3. The molecule has 0 spiro atoms. The Bertz CT molecular complexity index is 944. The van der Waals surface area contributed by atoms with Gasteiger partial charge in [0.2, 0.25) is 0 Å².